The van der Waals surface area contributed by atoms with Crippen molar-refractivity contribution in [3.8, 4) is 5.75 Å². The molecule has 138 valence electrons. The van der Waals surface area contributed by atoms with Crippen LogP contribution in [-0.2, 0) is 14.3 Å². The summed E-state index contributed by atoms with van der Waals surface area (Å²) in [4.78, 5) is 37.7. The molecule has 0 radical (unpaired) electrons. The van der Waals surface area contributed by atoms with Crippen LogP contribution < -0.4 is 15.0 Å². The van der Waals surface area contributed by atoms with Crippen molar-refractivity contribution < 1.29 is 23.9 Å². The van der Waals surface area contributed by atoms with E-state index in [0.29, 0.717) is 22.7 Å². The third-order valence-electron chi connectivity index (χ3n) is 3.91. The number of amides is 2. The molecule has 2 aromatic carbocycles. The zero-order chi connectivity index (χ0) is 19.6. The van der Waals surface area contributed by atoms with Gasteiger partial charge >= 0.3 is 5.97 Å². The summed E-state index contributed by atoms with van der Waals surface area (Å²) < 4.78 is 9.76. The molecule has 27 heavy (non-hydrogen) atoms. The molecule has 3 rings (SSSR count). The van der Waals surface area contributed by atoms with Crippen LogP contribution in [0, 0.1) is 0 Å². The first-order valence-corrected chi connectivity index (χ1v) is 8.22. The molecule has 0 aliphatic carbocycles. The first-order valence-electron chi connectivity index (χ1n) is 7.84. The van der Waals surface area contributed by atoms with Crippen LogP contribution in [0.4, 0.5) is 11.4 Å². The quantitative estimate of drug-likeness (QED) is 0.628. The van der Waals surface area contributed by atoms with Crippen LogP contribution in [-0.4, -0.2) is 32.0 Å². The maximum Gasteiger partial charge on any atom is 0.337 e. The Labute approximate surface area is 160 Å². The lowest BCUT2D eigenvalue weighted by Crippen LogP contribution is -2.32. The summed E-state index contributed by atoms with van der Waals surface area (Å²) >= 11 is 6.10. The Morgan fingerprint density at radius 1 is 1.04 bits per heavy atom. The predicted octanol–water partition coefficient (Wildman–Crippen LogP) is 2.92. The predicted molar refractivity (Wildman–Crippen MR) is 99.8 cm³/mol. The number of methoxy groups -OCH3 is 2. The molecule has 0 aromatic heterocycles. The molecule has 7 nitrogen and oxygen atoms in total. The molecule has 2 amide bonds. The molecule has 8 heteroatoms. The monoisotopic (exact) mass is 386 g/mol. The van der Waals surface area contributed by atoms with Gasteiger partial charge < -0.3 is 14.8 Å². The smallest absolute Gasteiger partial charge is 0.337 e. The summed E-state index contributed by atoms with van der Waals surface area (Å²) in [5.74, 6) is -1.20. The van der Waals surface area contributed by atoms with Gasteiger partial charge in [-0.25, -0.2) is 9.69 Å². The first kappa shape index (κ1) is 18.5. The van der Waals surface area contributed by atoms with Gasteiger partial charge in [-0.3, -0.25) is 9.59 Å². The number of carbonyl (C=O) groups is 3. The van der Waals surface area contributed by atoms with Crippen LogP contribution in [0.5, 0.6) is 5.75 Å². The second kappa shape index (κ2) is 7.51. The minimum absolute atomic E-state index is 0.0460. The first-order chi connectivity index (χ1) is 13.0. The summed E-state index contributed by atoms with van der Waals surface area (Å²) in [6.07, 6.45) is 0. The van der Waals surface area contributed by atoms with E-state index in [2.05, 4.69) is 10.1 Å². The van der Waals surface area contributed by atoms with Crippen LogP contribution in [0.25, 0.3) is 0 Å². The van der Waals surface area contributed by atoms with E-state index < -0.39 is 17.8 Å². The number of rotatable bonds is 5. The fourth-order valence-corrected chi connectivity index (χ4v) is 2.76. The number of halogens is 1. The van der Waals surface area contributed by atoms with E-state index in [1.807, 2.05) is 0 Å². The molecule has 0 atom stereocenters. The SMILES string of the molecule is COC(=O)c1ccc(NC2=C(Cl)C(=O)N(c3cccc(OC)c3)C2=O)cc1. The van der Waals surface area contributed by atoms with Crippen LogP contribution >= 0.6 is 11.6 Å². The van der Waals surface area contributed by atoms with Crippen LogP contribution in [0.2, 0.25) is 0 Å². The Bertz CT molecular complexity index is 953. The zero-order valence-corrected chi connectivity index (χ0v) is 15.2. The highest BCUT2D eigenvalue weighted by Gasteiger charge is 2.39. The van der Waals surface area contributed by atoms with E-state index >= 15 is 0 Å². The topological polar surface area (TPSA) is 84.9 Å². The molecule has 2 aromatic rings. The Balaban J connectivity index is 1.85. The molecule has 0 spiro atoms. The average molecular weight is 387 g/mol. The van der Waals surface area contributed by atoms with Crippen molar-refractivity contribution in [1.29, 1.82) is 0 Å². The lowest BCUT2D eigenvalue weighted by Gasteiger charge is -2.16. The highest BCUT2D eigenvalue weighted by atomic mass is 35.5. The molecule has 1 N–H and O–H groups in total. The second-order valence-electron chi connectivity index (χ2n) is 5.53. The van der Waals surface area contributed by atoms with E-state index in [1.165, 1.54) is 26.4 Å². The van der Waals surface area contributed by atoms with E-state index in [0.717, 1.165) is 4.90 Å². The number of esters is 1. The van der Waals surface area contributed by atoms with E-state index in [9.17, 15) is 14.4 Å². The molecular formula is C19H15ClN2O5. The van der Waals surface area contributed by atoms with Gasteiger partial charge in [0.1, 0.15) is 16.5 Å². The van der Waals surface area contributed by atoms with Crippen molar-refractivity contribution in [3.63, 3.8) is 0 Å². The van der Waals surface area contributed by atoms with Gasteiger partial charge in [0.15, 0.2) is 0 Å². The largest absolute Gasteiger partial charge is 0.497 e. The summed E-state index contributed by atoms with van der Waals surface area (Å²) in [6.45, 7) is 0. The Morgan fingerprint density at radius 2 is 1.74 bits per heavy atom. The van der Waals surface area contributed by atoms with Crippen molar-refractivity contribution in [3.05, 3.63) is 64.8 Å². The van der Waals surface area contributed by atoms with Gasteiger partial charge in [0.25, 0.3) is 11.8 Å². The average Bonchev–Trinajstić information content (AvgIpc) is 2.91. The molecule has 0 saturated carbocycles. The van der Waals surface area contributed by atoms with Gasteiger partial charge in [0.05, 0.1) is 25.5 Å². The number of anilines is 2. The highest BCUT2D eigenvalue weighted by Crippen LogP contribution is 2.31. The Morgan fingerprint density at radius 3 is 2.37 bits per heavy atom. The van der Waals surface area contributed by atoms with Crippen molar-refractivity contribution >= 4 is 40.8 Å². The van der Waals surface area contributed by atoms with E-state index in [1.54, 1.807) is 36.4 Å². The standard InChI is InChI=1S/C19H15ClN2O5/c1-26-14-5-3-4-13(10-14)22-17(23)15(20)16(18(22)24)21-12-8-6-11(7-9-12)19(25)27-2/h3-10,21H,1-2H3. The Hall–Kier alpha value is -3.32. The van der Waals surface area contributed by atoms with Gasteiger partial charge in [0.2, 0.25) is 0 Å². The summed E-state index contributed by atoms with van der Waals surface area (Å²) in [5.41, 5.74) is 1.15. The number of ether oxygens (including phenoxy) is 2. The summed E-state index contributed by atoms with van der Waals surface area (Å²) in [5, 5.41) is 2.61. The van der Waals surface area contributed by atoms with Gasteiger partial charge in [0, 0.05) is 11.8 Å². The van der Waals surface area contributed by atoms with E-state index in [4.69, 9.17) is 16.3 Å². The number of nitrogens with one attached hydrogen (secondary N) is 1. The van der Waals surface area contributed by atoms with Gasteiger partial charge in [-0.15, -0.1) is 0 Å². The second-order valence-corrected chi connectivity index (χ2v) is 5.91. The molecule has 1 aliphatic heterocycles. The van der Waals surface area contributed by atoms with Crippen molar-refractivity contribution in [1.82, 2.24) is 0 Å². The lowest BCUT2D eigenvalue weighted by atomic mass is 10.2. The fraction of sp³-hybridized carbons (Fsp3) is 0.105. The van der Waals surface area contributed by atoms with Crippen LogP contribution in [0.1, 0.15) is 10.4 Å². The number of nitrogens with zero attached hydrogens (tertiary/aromatic N) is 1. The van der Waals surface area contributed by atoms with Gasteiger partial charge in [-0.2, -0.15) is 0 Å². The molecule has 0 unspecified atom stereocenters. The number of imide groups is 1. The number of carbonyl (C=O) groups excluding carboxylic acids is 3. The number of hydrogen-bond acceptors (Lipinski definition) is 6. The molecule has 0 bridgehead atoms. The van der Waals surface area contributed by atoms with E-state index in [-0.39, 0.29) is 10.7 Å². The maximum atomic E-state index is 12.7. The molecule has 1 heterocycles. The zero-order valence-electron chi connectivity index (χ0n) is 14.5. The van der Waals surface area contributed by atoms with Crippen molar-refractivity contribution in [2.75, 3.05) is 24.4 Å². The Kier molecular flexibility index (Phi) is 5.14. The number of benzene rings is 2. The molecule has 0 saturated heterocycles. The minimum Gasteiger partial charge on any atom is -0.497 e. The summed E-state index contributed by atoms with van der Waals surface area (Å²) in [6, 6.07) is 12.8. The lowest BCUT2D eigenvalue weighted by molar-refractivity contribution is -0.120. The fourth-order valence-electron chi connectivity index (χ4n) is 2.55. The third kappa shape index (κ3) is 3.50. The van der Waals surface area contributed by atoms with Crippen molar-refractivity contribution in [2.24, 2.45) is 0 Å². The van der Waals surface area contributed by atoms with Crippen LogP contribution in [0.3, 0.4) is 0 Å². The molecule has 0 fully saturated rings. The third-order valence-corrected chi connectivity index (χ3v) is 4.26. The highest BCUT2D eigenvalue weighted by molar-refractivity contribution is 6.53. The normalized spacial score (nSPS) is 13.8. The van der Waals surface area contributed by atoms with Crippen molar-refractivity contribution in [2.45, 2.75) is 0 Å². The minimum atomic E-state index is -0.636. The molecule has 1 aliphatic rings. The maximum absolute atomic E-state index is 12.7. The number of hydrogen-bond donors (Lipinski definition) is 1. The summed E-state index contributed by atoms with van der Waals surface area (Å²) in [7, 11) is 2.78. The van der Waals surface area contributed by atoms with Gasteiger partial charge in [-0.05, 0) is 36.4 Å². The van der Waals surface area contributed by atoms with Crippen LogP contribution in [0.15, 0.2) is 59.3 Å². The van der Waals surface area contributed by atoms with Gasteiger partial charge in [-0.1, -0.05) is 17.7 Å². The molecular weight excluding hydrogens is 372 g/mol.